The van der Waals surface area contributed by atoms with Crippen LogP contribution in [0.15, 0.2) is 29.3 Å². The zero-order chi connectivity index (χ0) is 9.80. The summed E-state index contributed by atoms with van der Waals surface area (Å²) in [4.78, 5) is 4.10. The fourth-order valence-corrected chi connectivity index (χ4v) is 1.19. The van der Waals surface area contributed by atoms with Crippen molar-refractivity contribution in [1.29, 1.82) is 0 Å². The number of nitrogens with zero attached hydrogens (tertiary/aromatic N) is 3. The number of aromatic nitrogens is 3. The molecule has 1 N–H and O–H groups in total. The quantitative estimate of drug-likeness (QED) is 0.774. The lowest BCUT2D eigenvalue weighted by atomic mass is 10.3. The zero-order valence-electron chi connectivity index (χ0n) is 7.97. The van der Waals surface area contributed by atoms with Crippen molar-refractivity contribution in [3.8, 4) is 0 Å². The zero-order valence-corrected chi connectivity index (χ0v) is 7.97. The van der Waals surface area contributed by atoms with Gasteiger partial charge in [0.25, 0.3) is 0 Å². The fourth-order valence-electron chi connectivity index (χ4n) is 1.19. The number of nitrogens with one attached hydrogen (secondary N) is 1. The fraction of sp³-hybridized carbons (Fsp3) is 0.333. The second kappa shape index (κ2) is 4.06. The Morgan fingerprint density at radius 2 is 2.43 bits per heavy atom. The van der Waals surface area contributed by atoms with Gasteiger partial charge in [-0.15, -0.1) is 0 Å². The van der Waals surface area contributed by atoms with E-state index in [9.17, 15) is 0 Å². The molecule has 0 amide bonds. The van der Waals surface area contributed by atoms with Crippen LogP contribution in [0.1, 0.15) is 11.4 Å². The van der Waals surface area contributed by atoms with E-state index in [2.05, 4.69) is 15.4 Å². The van der Waals surface area contributed by atoms with Crippen LogP contribution in [0, 0.1) is 0 Å². The molecule has 0 saturated carbocycles. The van der Waals surface area contributed by atoms with E-state index in [0.29, 0.717) is 6.54 Å². The number of aryl methyl sites for hydroxylation is 1. The first-order chi connectivity index (χ1) is 6.86. The van der Waals surface area contributed by atoms with Crippen LogP contribution >= 0.6 is 0 Å². The van der Waals surface area contributed by atoms with Gasteiger partial charge in [0.2, 0.25) is 0 Å². The molecule has 2 heterocycles. The van der Waals surface area contributed by atoms with Crippen LogP contribution < -0.4 is 5.32 Å². The number of hydrogen-bond acceptors (Lipinski definition) is 4. The molecule has 2 rings (SSSR count). The molecule has 0 spiro atoms. The van der Waals surface area contributed by atoms with Crippen LogP contribution in [0.25, 0.3) is 0 Å². The third kappa shape index (κ3) is 2.00. The van der Waals surface area contributed by atoms with Crippen LogP contribution in [-0.2, 0) is 20.1 Å². The minimum Gasteiger partial charge on any atom is -0.472 e. The van der Waals surface area contributed by atoms with E-state index in [1.54, 1.807) is 23.5 Å². The summed E-state index contributed by atoms with van der Waals surface area (Å²) in [5, 5.41) is 7.23. The molecule has 0 saturated heterocycles. The van der Waals surface area contributed by atoms with E-state index < -0.39 is 0 Å². The van der Waals surface area contributed by atoms with Crippen LogP contribution in [0.3, 0.4) is 0 Å². The average molecular weight is 192 g/mol. The van der Waals surface area contributed by atoms with Gasteiger partial charge in [-0.3, -0.25) is 4.68 Å². The smallest absolute Gasteiger partial charge is 0.140 e. The maximum absolute atomic E-state index is 4.95. The number of hydrogen-bond donors (Lipinski definition) is 1. The molecular formula is C9H12N4O. The summed E-state index contributed by atoms with van der Waals surface area (Å²) in [5.41, 5.74) is 1.13. The van der Waals surface area contributed by atoms with Gasteiger partial charge >= 0.3 is 0 Å². The normalized spacial score (nSPS) is 10.6. The van der Waals surface area contributed by atoms with E-state index in [1.165, 1.54) is 0 Å². The predicted octanol–water partition coefficient (Wildman–Crippen LogP) is 0.698. The van der Waals surface area contributed by atoms with Crippen molar-refractivity contribution in [2.24, 2.45) is 7.05 Å². The van der Waals surface area contributed by atoms with Gasteiger partial charge in [0.15, 0.2) is 0 Å². The molecule has 0 bridgehead atoms. The topological polar surface area (TPSA) is 55.9 Å². The summed E-state index contributed by atoms with van der Waals surface area (Å²) in [5.74, 6) is 0.925. The molecule has 0 aliphatic heterocycles. The Labute approximate surface area is 81.8 Å². The van der Waals surface area contributed by atoms with Gasteiger partial charge in [0.05, 0.1) is 19.1 Å². The maximum Gasteiger partial charge on any atom is 0.140 e. The monoisotopic (exact) mass is 192 g/mol. The van der Waals surface area contributed by atoms with Crippen molar-refractivity contribution in [3.05, 3.63) is 36.3 Å². The van der Waals surface area contributed by atoms with Gasteiger partial charge in [0, 0.05) is 19.2 Å². The molecule has 2 aromatic heterocycles. The van der Waals surface area contributed by atoms with Gasteiger partial charge in [-0.2, -0.15) is 5.10 Å². The molecule has 0 atom stereocenters. The molecule has 0 radical (unpaired) electrons. The molecule has 14 heavy (non-hydrogen) atoms. The van der Waals surface area contributed by atoms with Crippen molar-refractivity contribution in [2.45, 2.75) is 13.1 Å². The summed E-state index contributed by atoms with van der Waals surface area (Å²) in [6.07, 6.45) is 4.94. The third-order valence-corrected chi connectivity index (χ3v) is 2.00. The van der Waals surface area contributed by atoms with Gasteiger partial charge in [0.1, 0.15) is 12.2 Å². The highest BCUT2D eigenvalue weighted by Gasteiger charge is 1.99. The molecule has 0 aliphatic rings. The number of furan rings is 1. The van der Waals surface area contributed by atoms with Crippen LogP contribution in [0.2, 0.25) is 0 Å². The maximum atomic E-state index is 4.95. The van der Waals surface area contributed by atoms with Gasteiger partial charge < -0.3 is 9.73 Å². The van der Waals surface area contributed by atoms with Crippen LogP contribution in [-0.4, -0.2) is 14.8 Å². The molecule has 5 nitrogen and oxygen atoms in total. The van der Waals surface area contributed by atoms with E-state index in [1.807, 2.05) is 13.1 Å². The van der Waals surface area contributed by atoms with Crippen LogP contribution in [0.4, 0.5) is 0 Å². The lowest BCUT2D eigenvalue weighted by Gasteiger charge is -2.01. The Kier molecular flexibility index (Phi) is 2.60. The summed E-state index contributed by atoms with van der Waals surface area (Å²) in [6.45, 7) is 1.49. The van der Waals surface area contributed by atoms with E-state index in [4.69, 9.17) is 4.42 Å². The Balaban J connectivity index is 1.81. The van der Waals surface area contributed by atoms with E-state index >= 15 is 0 Å². The highest BCUT2D eigenvalue weighted by molar-refractivity contribution is 5.04. The second-order valence-corrected chi connectivity index (χ2v) is 3.04. The highest BCUT2D eigenvalue weighted by Crippen LogP contribution is 1.99. The lowest BCUT2D eigenvalue weighted by molar-refractivity contribution is 0.557. The number of rotatable bonds is 4. The Bertz CT molecular complexity index is 379. The average Bonchev–Trinajstić information content (AvgIpc) is 2.78. The first-order valence-corrected chi connectivity index (χ1v) is 4.41. The summed E-state index contributed by atoms with van der Waals surface area (Å²) >= 11 is 0. The molecule has 0 unspecified atom stereocenters. The van der Waals surface area contributed by atoms with E-state index in [0.717, 1.165) is 17.9 Å². The van der Waals surface area contributed by atoms with Crippen LogP contribution in [0.5, 0.6) is 0 Å². The van der Waals surface area contributed by atoms with Gasteiger partial charge in [-0.25, -0.2) is 4.98 Å². The standard InChI is InChI=1S/C9H12N4O/c1-13-9(11-7-12-13)5-10-4-8-2-3-14-6-8/h2-3,6-7,10H,4-5H2,1H3. The Morgan fingerprint density at radius 1 is 1.50 bits per heavy atom. The van der Waals surface area contributed by atoms with E-state index in [-0.39, 0.29) is 0 Å². The summed E-state index contributed by atoms with van der Waals surface area (Å²) in [7, 11) is 1.88. The van der Waals surface area contributed by atoms with Crippen molar-refractivity contribution < 1.29 is 4.42 Å². The SMILES string of the molecule is Cn1ncnc1CNCc1ccoc1. The van der Waals surface area contributed by atoms with Crippen molar-refractivity contribution in [3.63, 3.8) is 0 Å². The van der Waals surface area contributed by atoms with Gasteiger partial charge in [-0.05, 0) is 6.07 Å². The predicted molar refractivity (Wildman–Crippen MR) is 50.3 cm³/mol. The molecule has 74 valence electrons. The molecule has 0 fully saturated rings. The molecule has 5 heteroatoms. The highest BCUT2D eigenvalue weighted by atomic mass is 16.3. The van der Waals surface area contributed by atoms with Crippen molar-refractivity contribution >= 4 is 0 Å². The molecule has 2 aromatic rings. The minimum atomic E-state index is 0.710. The molecule has 0 aromatic carbocycles. The summed E-state index contributed by atoms with van der Waals surface area (Å²) in [6, 6.07) is 1.93. The largest absolute Gasteiger partial charge is 0.472 e. The van der Waals surface area contributed by atoms with Gasteiger partial charge in [-0.1, -0.05) is 0 Å². The Morgan fingerprint density at radius 3 is 3.07 bits per heavy atom. The molecular weight excluding hydrogens is 180 g/mol. The first kappa shape index (κ1) is 8.96. The molecule has 0 aliphatic carbocycles. The Hall–Kier alpha value is -1.62. The second-order valence-electron chi connectivity index (χ2n) is 3.04. The third-order valence-electron chi connectivity index (χ3n) is 2.00. The lowest BCUT2D eigenvalue weighted by Crippen LogP contribution is -2.15. The van der Waals surface area contributed by atoms with Crippen molar-refractivity contribution in [1.82, 2.24) is 20.1 Å². The first-order valence-electron chi connectivity index (χ1n) is 4.41. The summed E-state index contributed by atoms with van der Waals surface area (Å²) < 4.78 is 6.71. The van der Waals surface area contributed by atoms with Crippen molar-refractivity contribution in [2.75, 3.05) is 0 Å². The minimum absolute atomic E-state index is 0.710.